The summed E-state index contributed by atoms with van der Waals surface area (Å²) in [6.45, 7) is 6.12. The second kappa shape index (κ2) is 6.07. The van der Waals surface area contributed by atoms with Crippen LogP contribution < -0.4 is 15.2 Å². The molecule has 0 saturated carbocycles. The lowest BCUT2D eigenvalue weighted by Crippen LogP contribution is -2.37. The van der Waals surface area contributed by atoms with Crippen molar-refractivity contribution in [1.82, 2.24) is 0 Å². The van der Waals surface area contributed by atoms with E-state index in [9.17, 15) is 4.79 Å². The molecule has 2 rings (SSSR count). The van der Waals surface area contributed by atoms with Crippen molar-refractivity contribution in [3.8, 4) is 12.3 Å². The van der Waals surface area contributed by atoms with E-state index in [1.807, 2.05) is 19.1 Å². The van der Waals surface area contributed by atoms with Gasteiger partial charge in [0.15, 0.2) is 5.43 Å². The Labute approximate surface area is 123 Å². The molecule has 0 saturated heterocycles. The Bertz CT molecular complexity index is 863. The van der Waals surface area contributed by atoms with Crippen LogP contribution in [0.25, 0.3) is 22.2 Å². The van der Waals surface area contributed by atoms with Crippen molar-refractivity contribution in [3.05, 3.63) is 43.2 Å². The maximum absolute atomic E-state index is 12.7. The van der Waals surface area contributed by atoms with Crippen LogP contribution in [-0.4, -0.2) is 0 Å². The molecule has 0 N–H and O–H groups in total. The fraction of sp³-hybridized carbons (Fsp3) is 0.278. The molecule has 1 nitrogen and oxygen atoms in total. The van der Waals surface area contributed by atoms with Gasteiger partial charge < -0.3 is 0 Å². The van der Waals surface area contributed by atoms with E-state index in [2.05, 4.69) is 25.8 Å². The minimum atomic E-state index is 0.0905. The third-order valence-electron chi connectivity index (χ3n) is 3.48. The van der Waals surface area contributed by atoms with Crippen LogP contribution in [0.15, 0.2) is 16.9 Å². The molecule has 0 aliphatic rings. The fourth-order valence-electron chi connectivity index (χ4n) is 2.39. The van der Waals surface area contributed by atoms with Crippen molar-refractivity contribution < 1.29 is 0 Å². The summed E-state index contributed by atoms with van der Waals surface area (Å²) >= 11 is 1.62. The summed E-state index contributed by atoms with van der Waals surface area (Å²) in [7, 11) is 0. The molecule has 2 heteroatoms. The minimum absolute atomic E-state index is 0.0905. The minimum Gasteiger partial charge on any atom is -0.289 e. The molecule has 1 aromatic carbocycles. The largest absolute Gasteiger partial charge is 0.289 e. The summed E-state index contributed by atoms with van der Waals surface area (Å²) in [6.07, 6.45) is 10.8. The molecule has 102 valence electrons. The average Bonchev–Trinajstić information content (AvgIpc) is 2.47. The van der Waals surface area contributed by atoms with Crippen LogP contribution in [0.3, 0.4) is 0 Å². The number of rotatable bonds is 2. The second-order valence-corrected chi connectivity index (χ2v) is 5.70. The van der Waals surface area contributed by atoms with E-state index in [1.54, 1.807) is 17.4 Å². The first kappa shape index (κ1) is 14.6. The van der Waals surface area contributed by atoms with E-state index < -0.39 is 0 Å². The molecule has 0 unspecified atom stereocenters. The molecule has 0 atom stereocenters. The molecule has 1 aromatic heterocycles. The monoisotopic (exact) mass is 282 g/mol. The SMILES string of the molecule is C#C/C=c1/sc2c(CC)cc(CC)cc2c(=O)/c1=C/C. The third-order valence-corrected chi connectivity index (χ3v) is 4.73. The summed E-state index contributed by atoms with van der Waals surface area (Å²) in [5.74, 6) is 2.54. The molecule has 2 aromatic rings. The second-order valence-electron chi connectivity index (χ2n) is 4.65. The van der Waals surface area contributed by atoms with E-state index in [-0.39, 0.29) is 5.43 Å². The van der Waals surface area contributed by atoms with Crippen molar-refractivity contribution in [1.29, 1.82) is 0 Å². The Morgan fingerprint density at radius 1 is 1.30 bits per heavy atom. The zero-order valence-corrected chi connectivity index (χ0v) is 12.9. The highest BCUT2D eigenvalue weighted by molar-refractivity contribution is 7.16. The topological polar surface area (TPSA) is 17.1 Å². The summed E-state index contributed by atoms with van der Waals surface area (Å²) in [4.78, 5) is 12.7. The van der Waals surface area contributed by atoms with Crippen LogP contribution in [0.2, 0.25) is 0 Å². The first-order chi connectivity index (χ1) is 9.65. The molecule has 0 radical (unpaired) electrons. The van der Waals surface area contributed by atoms with E-state index in [1.165, 1.54) is 11.1 Å². The van der Waals surface area contributed by atoms with Crippen LogP contribution in [0.4, 0.5) is 0 Å². The van der Waals surface area contributed by atoms with Crippen molar-refractivity contribution >= 4 is 33.6 Å². The highest BCUT2D eigenvalue weighted by Gasteiger charge is 2.08. The predicted molar refractivity (Wildman–Crippen MR) is 89.5 cm³/mol. The molecule has 0 spiro atoms. The van der Waals surface area contributed by atoms with E-state index in [0.717, 1.165) is 32.7 Å². The Balaban J connectivity index is 3.11. The zero-order chi connectivity index (χ0) is 14.7. The molecule has 0 fully saturated rings. The quantitative estimate of drug-likeness (QED) is 0.774. The van der Waals surface area contributed by atoms with Crippen molar-refractivity contribution in [3.63, 3.8) is 0 Å². The smallest absolute Gasteiger partial charge is 0.195 e. The molecule has 1 heterocycles. The van der Waals surface area contributed by atoms with Crippen molar-refractivity contribution in [2.24, 2.45) is 0 Å². The summed E-state index contributed by atoms with van der Waals surface area (Å²) in [5, 5.41) is 1.55. The number of terminal acetylenes is 1. The maximum atomic E-state index is 12.7. The summed E-state index contributed by atoms with van der Waals surface area (Å²) in [5.41, 5.74) is 2.54. The van der Waals surface area contributed by atoms with Crippen LogP contribution in [-0.2, 0) is 12.8 Å². The molecular weight excluding hydrogens is 264 g/mol. The van der Waals surface area contributed by atoms with Crippen molar-refractivity contribution in [2.45, 2.75) is 33.6 Å². The van der Waals surface area contributed by atoms with Gasteiger partial charge in [0.1, 0.15) is 0 Å². The summed E-state index contributed by atoms with van der Waals surface area (Å²) in [6, 6.07) is 4.23. The predicted octanol–water partition coefficient (Wildman–Crippen LogP) is 2.60. The van der Waals surface area contributed by atoms with Crippen molar-refractivity contribution in [2.75, 3.05) is 0 Å². The van der Waals surface area contributed by atoms with Gasteiger partial charge in [0, 0.05) is 25.9 Å². The lowest BCUT2D eigenvalue weighted by atomic mass is 10.0. The summed E-state index contributed by atoms with van der Waals surface area (Å²) < 4.78 is 1.95. The number of fused-ring (bicyclic) bond motifs is 1. The van der Waals surface area contributed by atoms with Crippen LogP contribution in [0.5, 0.6) is 0 Å². The normalized spacial score (nSPS) is 12.9. The van der Waals surface area contributed by atoms with Crippen LogP contribution >= 0.6 is 11.3 Å². The molecule has 0 aliphatic heterocycles. The Kier molecular flexibility index (Phi) is 4.42. The van der Waals surface area contributed by atoms with Gasteiger partial charge in [0.05, 0.1) is 0 Å². The molecular formula is C18H18OS. The van der Waals surface area contributed by atoms with Gasteiger partial charge in [-0.1, -0.05) is 31.9 Å². The highest BCUT2D eigenvalue weighted by atomic mass is 32.1. The molecule has 0 amide bonds. The Morgan fingerprint density at radius 2 is 2.05 bits per heavy atom. The first-order valence-corrected chi connectivity index (χ1v) is 7.69. The lowest BCUT2D eigenvalue weighted by molar-refractivity contribution is 1.10. The number of hydrogen-bond donors (Lipinski definition) is 0. The molecule has 0 aliphatic carbocycles. The maximum Gasteiger partial charge on any atom is 0.195 e. The zero-order valence-electron chi connectivity index (χ0n) is 12.1. The van der Waals surface area contributed by atoms with Gasteiger partial charge in [0.25, 0.3) is 0 Å². The average molecular weight is 282 g/mol. The van der Waals surface area contributed by atoms with Gasteiger partial charge in [0.2, 0.25) is 0 Å². The Morgan fingerprint density at radius 3 is 2.60 bits per heavy atom. The number of benzene rings is 1. The van der Waals surface area contributed by atoms with Gasteiger partial charge in [-0.05, 0) is 37.0 Å². The van der Waals surface area contributed by atoms with Crippen LogP contribution in [0.1, 0.15) is 31.9 Å². The van der Waals surface area contributed by atoms with E-state index in [4.69, 9.17) is 6.42 Å². The fourth-order valence-corrected chi connectivity index (χ4v) is 3.65. The van der Waals surface area contributed by atoms with Gasteiger partial charge in [-0.25, -0.2) is 0 Å². The van der Waals surface area contributed by atoms with Crippen LogP contribution in [0, 0.1) is 12.3 Å². The first-order valence-electron chi connectivity index (χ1n) is 6.87. The van der Waals surface area contributed by atoms with E-state index in [0.29, 0.717) is 0 Å². The van der Waals surface area contributed by atoms with Gasteiger partial charge in [-0.15, -0.1) is 17.8 Å². The van der Waals surface area contributed by atoms with Gasteiger partial charge in [-0.2, -0.15) is 0 Å². The molecule has 20 heavy (non-hydrogen) atoms. The third kappa shape index (κ3) is 2.42. The van der Waals surface area contributed by atoms with E-state index >= 15 is 0 Å². The Hall–Kier alpha value is -1.85. The number of aryl methyl sites for hydroxylation is 2. The molecule has 0 bridgehead atoms. The number of hydrogen-bond acceptors (Lipinski definition) is 2. The van der Waals surface area contributed by atoms with Gasteiger partial charge >= 0.3 is 0 Å². The van der Waals surface area contributed by atoms with Gasteiger partial charge in [-0.3, -0.25) is 4.79 Å². The standard InChI is InChI=1S/C18H18OS/c1-5-9-16-14(8-4)17(19)15-11-12(6-2)10-13(7-3)18(15)20-16/h1,8-11H,6-7H2,2-4H3/b14-8+,16-9+. The lowest BCUT2D eigenvalue weighted by Gasteiger charge is -2.07. The highest BCUT2D eigenvalue weighted by Crippen LogP contribution is 2.21.